The van der Waals surface area contributed by atoms with Crippen LogP contribution in [0.25, 0.3) is 0 Å². The minimum absolute atomic E-state index is 0.186. The lowest BCUT2D eigenvalue weighted by Gasteiger charge is -2.34. The molecule has 0 bridgehead atoms. The number of fused-ring (bicyclic) bond motifs is 1. The first kappa shape index (κ1) is 17.0. The second-order valence-corrected chi connectivity index (χ2v) is 7.71. The van der Waals surface area contributed by atoms with Gasteiger partial charge >= 0.3 is 0 Å². The van der Waals surface area contributed by atoms with Crippen LogP contribution < -0.4 is 5.32 Å². The topological polar surface area (TPSA) is 54.7 Å². The number of carbonyl (C=O) groups is 1. The van der Waals surface area contributed by atoms with Crippen LogP contribution >= 0.6 is 0 Å². The minimum Gasteiger partial charge on any atom is -0.465 e. The van der Waals surface area contributed by atoms with Crippen LogP contribution in [-0.4, -0.2) is 49.1 Å². The molecule has 7 heteroatoms. The highest BCUT2D eigenvalue weighted by atomic mass is 19.3. The average molecular weight is 354 g/mol. The molecule has 1 saturated carbocycles. The van der Waals surface area contributed by atoms with Crippen LogP contribution in [0.1, 0.15) is 24.4 Å². The van der Waals surface area contributed by atoms with E-state index in [2.05, 4.69) is 10.2 Å². The summed E-state index contributed by atoms with van der Waals surface area (Å²) in [5.41, 5.74) is 0. The third-order valence-corrected chi connectivity index (χ3v) is 5.69. The van der Waals surface area contributed by atoms with Crippen molar-refractivity contribution in [1.29, 1.82) is 0 Å². The van der Waals surface area contributed by atoms with Gasteiger partial charge in [0.25, 0.3) is 0 Å². The molecule has 4 rings (SSSR count). The highest BCUT2D eigenvalue weighted by molar-refractivity contribution is 5.79. The van der Waals surface area contributed by atoms with Crippen molar-refractivity contribution in [2.75, 3.05) is 26.2 Å². The van der Waals surface area contributed by atoms with Crippen molar-refractivity contribution in [1.82, 2.24) is 10.2 Å². The fourth-order valence-electron chi connectivity index (χ4n) is 4.23. The van der Waals surface area contributed by atoms with Crippen LogP contribution in [0.2, 0.25) is 0 Å². The predicted octanol–water partition coefficient (Wildman–Crippen LogP) is 2.20. The van der Waals surface area contributed by atoms with Crippen molar-refractivity contribution in [3.63, 3.8) is 0 Å². The van der Waals surface area contributed by atoms with Crippen molar-refractivity contribution in [3.05, 3.63) is 23.7 Å². The molecule has 1 aromatic heterocycles. The average Bonchev–Trinajstić information content (AvgIpc) is 3.19. The number of aryl methyl sites for hydroxylation is 1. The molecule has 0 aromatic carbocycles. The summed E-state index contributed by atoms with van der Waals surface area (Å²) < 4.78 is 37.3. The van der Waals surface area contributed by atoms with E-state index in [1.165, 1.54) is 0 Å². The minimum atomic E-state index is -2.65. The summed E-state index contributed by atoms with van der Waals surface area (Å²) in [5.74, 6) is -0.941. The Balaban J connectivity index is 1.25. The summed E-state index contributed by atoms with van der Waals surface area (Å²) >= 11 is 0. The fourth-order valence-corrected chi connectivity index (χ4v) is 4.23. The number of likely N-dealkylation sites (tertiary alicyclic amines) is 1. The molecule has 3 aliphatic rings. The maximum Gasteiger partial charge on any atom is 0.249 e. The summed E-state index contributed by atoms with van der Waals surface area (Å²) in [5, 5.41) is 2.86. The largest absolute Gasteiger partial charge is 0.465 e. The molecule has 5 nitrogen and oxygen atoms in total. The number of nitrogens with one attached hydrogen (secondary N) is 1. The SMILES string of the molecule is Cc1ccc(CN2C[C@H]3[C@H](CNC(=O)C4CC(F)(F)C4)CO[C@H]3C2)o1. The van der Waals surface area contributed by atoms with E-state index >= 15 is 0 Å². The lowest BCUT2D eigenvalue weighted by molar-refractivity contribution is -0.150. The zero-order valence-electron chi connectivity index (χ0n) is 14.3. The van der Waals surface area contributed by atoms with Crippen LogP contribution in [0.4, 0.5) is 8.78 Å². The molecule has 0 unspecified atom stereocenters. The third-order valence-electron chi connectivity index (χ3n) is 5.69. The van der Waals surface area contributed by atoms with E-state index in [1.807, 2.05) is 19.1 Å². The van der Waals surface area contributed by atoms with Crippen molar-refractivity contribution in [3.8, 4) is 0 Å². The van der Waals surface area contributed by atoms with E-state index in [4.69, 9.17) is 9.15 Å². The Morgan fingerprint density at radius 2 is 2.16 bits per heavy atom. The van der Waals surface area contributed by atoms with Gasteiger partial charge in [-0.2, -0.15) is 0 Å². The normalized spacial score (nSPS) is 31.7. The number of hydrogen-bond donors (Lipinski definition) is 1. The summed E-state index contributed by atoms with van der Waals surface area (Å²) in [7, 11) is 0. The number of halogens is 2. The molecular weight excluding hydrogens is 330 g/mol. The van der Waals surface area contributed by atoms with E-state index in [0.717, 1.165) is 31.2 Å². The number of rotatable bonds is 5. The lowest BCUT2D eigenvalue weighted by Crippen LogP contribution is -2.46. The van der Waals surface area contributed by atoms with Gasteiger partial charge in [0.15, 0.2) is 0 Å². The van der Waals surface area contributed by atoms with Gasteiger partial charge in [-0.15, -0.1) is 0 Å². The van der Waals surface area contributed by atoms with Gasteiger partial charge in [-0.05, 0) is 19.1 Å². The molecule has 0 radical (unpaired) electrons. The van der Waals surface area contributed by atoms with Crippen LogP contribution in [0.15, 0.2) is 16.5 Å². The van der Waals surface area contributed by atoms with Gasteiger partial charge in [0.05, 0.1) is 19.3 Å². The van der Waals surface area contributed by atoms with Crippen LogP contribution in [-0.2, 0) is 16.1 Å². The molecule has 1 N–H and O–H groups in total. The quantitative estimate of drug-likeness (QED) is 0.881. The fraction of sp³-hybridized carbons (Fsp3) is 0.722. The van der Waals surface area contributed by atoms with Crippen LogP contribution in [0.5, 0.6) is 0 Å². The monoisotopic (exact) mass is 354 g/mol. The Morgan fingerprint density at radius 3 is 2.84 bits per heavy atom. The van der Waals surface area contributed by atoms with Gasteiger partial charge in [-0.1, -0.05) is 0 Å². The number of furan rings is 1. The van der Waals surface area contributed by atoms with Crippen molar-refractivity contribution < 1.29 is 22.7 Å². The number of ether oxygens (including phenoxy) is 1. The smallest absolute Gasteiger partial charge is 0.249 e. The second-order valence-electron chi connectivity index (χ2n) is 7.71. The predicted molar refractivity (Wildman–Crippen MR) is 86.1 cm³/mol. The van der Waals surface area contributed by atoms with Gasteiger partial charge < -0.3 is 14.5 Å². The number of hydrogen-bond acceptors (Lipinski definition) is 4. The standard InChI is InChI=1S/C18H24F2N2O3/c1-11-2-3-14(25-11)7-22-8-15-13(10-24-16(15)9-22)6-21-17(23)12-4-18(19,20)5-12/h2-3,12-13,15-16H,4-10H2,1H3,(H,21,23)/t13-,15+,16+/m1/s1. The molecule has 2 saturated heterocycles. The summed E-state index contributed by atoms with van der Waals surface area (Å²) in [6.45, 7) is 5.61. The summed E-state index contributed by atoms with van der Waals surface area (Å²) in [6, 6.07) is 3.96. The molecule has 3 heterocycles. The highest BCUT2D eigenvalue weighted by Gasteiger charge is 2.49. The molecule has 25 heavy (non-hydrogen) atoms. The number of amides is 1. The molecule has 3 atom stereocenters. The molecule has 3 fully saturated rings. The number of carbonyl (C=O) groups excluding carboxylic acids is 1. The molecule has 0 spiro atoms. The maximum absolute atomic E-state index is 12.9. The molecule has 2 aliphatic heterocycles. The molecule has 1 aliphatic carbocycles. The molecular formula is C18H24F2N2O3. The molecule has 1 aromatic rings. The second kappa shape index (κ2) is 6.36. The van der Waals surface area contributed by atoms with E-state index in [0.29, 0.717) is 19.1 Å². The summed E-state index contributed by atoms with van der Waals surface area (Å²) in [6.07, 6.45) is -0.448. The van der Waals surface area contributed by atoms with Crippen molar-refractivity contribution in [2.45, 2.75) is 38.3 Å². The van der Waals surface area contributed by atoms with Gasteiger partial charge in [-0.25, -0.2) is 8.78 Å². The summed E-state index contributed by atoms with van der Waals surface area (Å²) in [4.78, 5) is 14.3. The first-order chi connectivity index (χ1) is 11.9. The third kappa shape index (κ3) is 3.58. The van der Waals surface area contributed by atoms with Gasteiger partial charge in [0.2, 0.25) is 11.8 Å². The van der Waals surface area contributed by atoms with Crippen LogP contribution in [0.3, 0.4) is 0 Å². The van der Waals surface area contributed by atoms with E-state index < -0.39 is 11.8 Å². The van der Waals surface area contributed by atoms with E-state index in [9.17, 15) is 13.6 Å². The van der Waals surface area contributed by atoms with Crippen molar-refractivity contribution in [2.24, 2.45) is 17.8 Å². The van der Waals surface area contributed by atoms with E-state index in [-0.39, 0.29) is 30.8 Å². The Morgan fingerprint density at radius 1 is 1.36 bits per heavy atom. The van der Waals surface area contributed by atoms with Gasteiger partial charge in [0.1, 0.15) is 11.5 Å². The Kier molecular flexibility index (Phi) is 4.32. The Hall–Kier alpha value is -1.47. The van der Waals surface area contributed by atoms with Gasteiger partial charge in [-0.3, -0.25) is 9.69 Å². The van der Waals surface area contributed by atoms with Crippen molar-refractivity contribution >= 4 is 5.91 Å². The molecule has 138 valence electrons. The Labute approximate surface area is 145 Å². The van der Waals surface area contributed by atoms with Crippen LogP contribution in [0, 0.1) is 24.7 Å². The first-order valence-electron chi connectivity index (χ1n) is 8.94. The zero-order valence-corrected chi connectivity index (χ0v) is 14.3. The van der Waals surface area contributed by atoms with E-state index in [1.54, 1.807) is 0 Å². The first-order valence-corrected chi connectivity index (χ1v) is 8.94. The Bertz CT molecular complexity index is 640. The molecule has 1 amide bonds. The maximum atomic E-state index is 12.9. The van der Waals surface area contributed by atoms with Gasteiger partial charge in [0, 0.05) is 50.2 Å². The number of alkyl halides is 2. The highest BCUT2D eigenvalue weighted by Crippen LogP contribution is 2.42. The zero-order chi connectivity index (χ0) is 17.6. The lowest BCUT2D eigenvalue weighted by atomic mass is 9.80. The number of nitrogens with zero attached hydrogens (tertiary/aromatic N) is 1.